The van der Waals surface area contributed by atoms with Crippen LogP contribution in [0.4, 0.5) is 11.4 Å². The molecule has 1 heterocycles. The molecule has 0 saturated carbocycles. The van der Waals surface area contributed by atoms with E-state index in [2.05, 4.69) is 10.4 Å². The van der Waals surface area contributed by atoms with Crippen LogP contribution in [0.1, 0.15) is 12.1 Å². The van der Waals surface area contributed by atoms with Crippen LogP contribution in [-0.2, 0) is 11.3 Å². The Balaban J connectivity index is 1.98. The third-order valence-electron chi connectivity index (χ3n) is 2.98. The first kappa shape index (κ1) is 13.9. The second-order valence-corrected chi connectivity index (χ2v) is 4.45. The van der Waals surface area contributed by atoms with Crippen molar-refractivity contribution in [1.29, 1.82) is 0 Å². The van der Waals surface area contributed by atoms with Gasteiger partial charge < -0.3 is 15.8 Å². The van der Waals surface area contributed by atoms with Crippen molar-refractivity contribution in [2.24, 2.45) is 0 Å². The Bertz CT molecular complexity index is 607. The zero-order valence-corrected chi connectivity index (χ0v) is 11.6. The zero-order chi connectivity index (χ0) is 14.5. The molecule has 0 atom stereocenters. The predicted octanol–water partition coefficient (Wildman–Crippen LogP) is 1.81. The number of benzene rings is 1. The fourth-order valence-corrected chi connectivity index (χ4v) is 1.88. The highest BCUT2D eigenvalue weighted by molar-refractivity contribution is 5.92. The molecule has 2 aromatic rings. The van der Waals surface area contributed by atoms with Gasteiger partial charge in [0.1, 0.15) is 5.75 Å². The van der Waals surface area contributed by atoms with Gasteiger partial charge in [-0.25, -0.2) is 0 Å². The molecule has 2 rings (SSSR count). The van der Waals surface area contributed by atoms with E-state index in [1.54, 1.807) is 36.2 Å². The SMILES string of the molecule is COc1ccc(N)cc1NC(=O)CCn1nccc1C. The molecule has 1 aromatic carbocycles. The molecule has 6 heteroatoms. The van der Waals surface area contributed by atoms with Crippen LogP contribution in [0.5, 0.6) is 5.75 Å². The number of amides is 1. The fourth-order valence-electron chi connectivity index (χ4n) is 1.88. The maximum Gasteiger partial charge on any atom is 0.226 e. The number of rotatable bonds is 5. The minimum atomic E-state index is -0.108. The van der Waals surface area contributed by atoms with E-state index < -0.39 is 0 Å². The lowest BCUT2D eigenvalue weighted by molar-refractivity contribution is -0.116. The van der Waals surface area contributed by atoms with E-state index in [0.717, 1.165) is 5.69 Å². The van der Waals surface area contributed by atoms with E-state index in [-0.39, 0.29) is 5.91 Å². The van der Waals surface area contributed by atoms with Crippen molar-refractivity contribution >= 4 is 17.3 Å². The van der Waals surface area contributed by atoms with Gasteiger partial charge in [-0.15, -0.1) is 0 Å². The lowest BCUT2D eigenvalue weighted by atomic mass is 10.2. The number of methoxy groups -OCH3 is 1. The van der Waals surface area contributed by atoms with Crippen LogP contribution in [0.3, 0.4) is 0 Å². The summed E-state index contributed by atoms with van der Waals surface area (Å²) in [5.41, 5.74) is 7.89. The zero-order valence-electron chi connectivity index (χ0n) is 11.6. The minimum Gasteiger partial charge on any atom is -0.495 e. The summed E-state index contributed by atoms with van der Waals surface area (Å²) in [5, 5.41) is 6.93. The largest absolute Gasteiger partial charge is 0.495 e. The number of nitrogen functional groups attached to an aromatic ring is 1. The van der Waals surface area contributed by atoms with Crippen molar-refractivity contribution in [2.45, 2.75) is 19.9 Å². The third kappa shape index (κ3) is 3.28. The highest BCUT2D eigenvalue weighted by Crippen LogP contribution is 2.26. The number of nitrogens with one attached hydrogen (secondary N) is 1. The molecule has 1 aromatic heterocycles. The van der Waals surface area contributed by atoms with Crippen LogP contribution in [0.2, 0.25) is 0 Å². The Kier molecular flexibility index (Phi) is 4.24. The fraction of sp³-hybridized carbons (Fsp3) is 0.286. The maximum atomic E-state index is 11.9. The van der Waals surface area contributed by atoms with E-state index in [9.17, 15) is 4.79 Å². The summed E-state index contributed by atoms with van der Waals surface area (Å²) in [5.74, 6) is 0.478. The molecule has 0 bridgehead atoms. The molecule has 0 aliphatic carbocycles. The van der Waals surface area contributed by atoms with Gasteiger partial charge in [0, 0.05) is 30.5 Å². The summed E-state index contributed by atoms with van der Waals surface area (Å²) in [6.45, 7) is 2.49. The number of hydrogen-bond acceptors (Lipinski definition) is 4. The number of nitrogens with two attached hydrogens (primary N) is 1. The Morgan fingerprint density at radius 2 is 2.25 bits per heavy atom. The molecule has 3 N–H and O–H groups in total. The van der Waals surface area contributed by atoms with Gasteiger partial charge in [-0.2, -0.15) is 5.10 Å². The molecule has 0 fully saturated rings. The summed E-state index contributed by atoms with van der Waals surface area (Å²) in [4.78, 5) is 11.9. The van der Waals surface area contributed by atoms with Crippen LogP contribution in [-0.4, -0.2) is 22.8 Å². The molecule has 20 heavy (non-hydrogen) atoms. The van der Waals surface area contributed by atoms with E-state index in [1.165, 1.54) is 0 Å². The quantitative estimate of drug-likeness (QED) is 0.815. The third-order valence-corrected chi connectivity index (χ3v) is 2.98. The van der Waals surface area contributed by atoms with Gasteiger partial charge in [0.2, 0.25) is 5.91 Å². The van der Waals surface area contributed by atoms with Gasteiger partial charge in [-0.05, 0) is 31.2 Å². The normalized spacial score (nSPS) is 10.3. The van der Waals surface area contributed by atoms with Crippen molar-refractivity contribution in [3.05, 3.63) is 36.2 Å². The molecule has 1 amide bonds. The Morgan fingerprint density at radius 3 is 2.90 bits per heavy atom. The summed E-state index contributed by atoms with van der Waals surface area (Å²) in [6, 6.07) is 7.03. The summed E-state index contributed by atoms with van der Waals surface area (Å²) in [7, 11) is 1.55. The molecule has 0 aliphatic rings. The highest BCUT2D eigenvalue weighted by Gasteiger charge is 2.09. The molecular weight excluding hydrogens is 256 g/mol. The van der Waals surface area contributed by atoms with Gasteiger partial charge in [0.25, 0.3) is 0 Å². The van der Waals surface area contributed by atoms with Crippen molar-refractivity contribution < 1.29 is 9.53 Å². The number of carbonyl (C=O) groups excluding carboxylic acids is 1. The molecule has 0 unspecified atom stereocenters. The van der Waals surface area contributed by atoms with Crippen molar-refractivity contribution in [1.82, 2.24) is 9.78 Å². The Labute approximate surface area is 117 Å². The predicted molar refractivity (Wildman–Crippen MR) is 77.6 cm³/mol. The molecule has 0 radical (unpaired) electrons. The van der Waals surface area contributed by atoms with Crippen LogP contribution < -0.4 is 15.8 Å². The van der Waals surface area contributed by atoms with Gasteiger partial charge in [-0.3, -0.25) is 9.48 Å². The average molecular weight is 274 g/mol. The second kappa shape index (κ2) is 6.10. The number of nitrogens with zero attached hydrogens (tertiary/aromatic N) is 2. The standard InChI is InChI=1S/C14H18N4O2/c1-10-5-7-16-18(10)8-6-14(19)17-12-9-11(15)3-4-13(12)20-2/h3-5,7,9H,6,8,15H2,1-2H3,(H,17,19). The number of anilines is 2. The number of carbonyl (C=O) groups is 1. The molecule has 0 aliphatic heterocycles. The Morgan fingerprint density at radius 1 is 1.45 bits per heavy atom. The van der Waals surface area contributed by atoms with Crippen LogP contribution in [0, 0.1) is 6.92 Å². The first-order valence-electron chi connectivity index (χ1n) is 6.32. The maximum absolute atomic E-state index is 11.9. The smallest absolute Gasteiger partial charge is 0.226 e. The highest BCUT2D eigenvalue weighted by atomic mass is 16.5. The molecule has 6 nitrogen and oxygen atoms in total. The number of aromatic nitrogens is 2. The van der Waals surface area contributed by atoms with Crippen LogP contribution in [0.15, 0.2) is 30.5 Å². The van der Waals surface area contributed by atoms with E-state index >= 15 is 0 Å². The van der Waals surface area contributed by atoms with E-state index in [4.69, 9.17) is 10.5 Å². The van der Waals surface area contributed by atoms with Crippen LogP contribution >= 0.6 is 0 Å². The summed E-state index contributed by atoms with van der Waals surface area (Å²) in [6.07, 6.45) is 2.05. The lowest BCUT2D eigenvalue weighted by Gasteiger charge is -2.11. The first-order valence-corrected chi connectivity index (χ1v) is 6.32. The molecule has 0 spiro atoms. The van der Waals surface area contributed by atoms with Gasteiger partial charge in [-0.1, -0.05) is 0 Å². The van der Waals surface area contributed by atoms with Crippen LogP contribution in [0.25, 0.3) is 0 Å². The second-order valence-electron chi connectivity index (χ2n) is 4.45. The number of hydrogen-bond donors (Lipinski definition) is 2. The number of ether oxygens (including phenoxy) is 1. The molecule has 0 saturated heterocycles. The van der Waals surface area contributed by atoms with Gasteiger partial charge in [0.15, 0.2) is 0 Å². The number of aryl methyl sites for hydroxylation is 2. The van der Waals surface area contributed by atoms with Gasteiger partial charge in [0.05, 0.1) is 12.8 Å². The minimum absolute atomic E-state index is 0.108. The molecule has 106 valence electrons. The lowest BCUT2D eigenvalue weighted by Crippen LogP contribution is -2.16. The average Bonchev–Trinajstić information content (AvgIpc) is 2.82. The van der Waals surface area contributed by atoms with E-state index in [0.29, 0.717) is 30.1 Å². The van der Waals surface area contributed by atoms with Crippen molar-refractivity contribution in [3.63, 3.8) is 0 Å². The topological polar surface area (TPSA) is 82.2 Å². The summed E-state index contributed by atoms with van der Waals surface area (Å²) < 4.78 is 6.97. The van der Waals surface area contributed by atoms with Gasteiger partial charge >= 0.3 is 0 Å². The Hall–Kier alpha value is -2.50. The monoisotopic (exact) mass is 274 g/mol. The van der Waals surface area contributed by atoms with E-state index in [1.807, 2.05) is 13.0 Å². The first-order chi connectivity index (χ1) is 9.60. The van der Waals surface area contributed by atoms with Crippen molar-refractivity contribution in [3.8, 4) is 5.75 Å². The molecular formula is C14H18N4O2. The van der Waals surface area contributed by atoms with Crippen molar-refractivity contribution in [2.75, 3.05) is 18.2 Å². The summed E-state index contributed by atoms with van der Waals surface area (Å²) >= 11 is 0.